The summed E-state index contributed by atoms with van der Waals surface area (Å²) in [6.45, 7) is 4.65. The third-order valence-electron chi connectivity index (χ3n) is 13.8. The maximum atomic E-state index is 5.47. The lowest BCUT2D eigenvalue weighted by Crippen LogP contribution is -2.14. The minimum atomic E-state index is -0.112. The largest absolute Gasteiger partial charge is 0.309 e. The van der Waals surface area contributed by atoms with Crippen LogP contribution in [0.2, 0.25) is 0 Å². The van der Waals surface area contributed by atoms with Gasteiger partial charge in [0.2, 0.25) is 0 Å². The van der Waals surface area contributed by atoms with Crippen molar-refractivity contribution in [2.45, 2.75) is 19.3 Å². The molecule has 66 heavy (non-hydrogen) atoms. The molecule has 0 saturated carbocycles. The lowest BCUT2D eigenvalue weighted by molar-refractivity contribution is 0.660. The van der Waals surface area contributed by atoms with E-state index in [9.17, 15) is 0 Å². The molecule has 0 radical (unpaired) electrons. The van der Waals surface area contributed by atoms with Gasteiger partial charge in [-0.05, 0) is 75.8 Å². The molecule has 0 amide bonds. The summed E-state index contributed by atoms with van der Waals surface area (Å²) in [6.07, 6.45) is 0. The number of fused-ring (bicyclic) bond motifs is 10. The molecule has 0 saturated heterocycles. The summed E-state index contributed by atoms with van der Waals surface area (Å²) in [6, 6.07) is 78.2. The molecule has 13 rings (SSSR count). The summed E-state index contributed by atoms with van der Waals surface area (Å²) < 4.78 is 2.39. The fourth-order valence-corrected chi connectivity index (χ4v) is 10.6. The van der Waals surface area contributed by atoms with E-state index in [1.54, 1.807) is 0 Å². The van der Waals surface area contributed by atoms with Gasteiger partial charge in [0.1, 0.15) is 0 Å². The van der Waals surface area contributed by atoms with Crippen LogP contribution in [0, 0.1) is 0 Å². The summed E-state index contributed by atoms with van der Waals surface area (Å²) in [7, 11) is 0. The second-order valence-corrected chi connectivity index (χ2v) is 18.0. The number of para-hydroxylation sites is 2. The number of pyridine rings is 1. The van der Waals surface area contributed by atoms with Gasteiger partial charge in [-0.3, -0.25) is 0 Å². The maximum Gasteiger partial charge on any atom is 0.160 e. The number of benzene rings is 9. The fourth-order valence-electron chi connectivity index (χ4n) is 10.6. The minimum Gasteiger partial charge on any atom is -0.309 e. The van der Waals surface area contributed by atoms with E-state index in [0.717, 1.165) is 72.4 Å². The SMILES string of the molecule is CC1(C)c2ccccc2-c2ccc(-c3cc(-c4ccc(-c5ccc6c(c5)nc(-c5ccccc5)c5ccc7c(c8ccccc8n7-c7ccccc7)c56)cc4)nc(-c4ccccc4)n3)cc21. The smallest absolute Gasteiger partial charge is 0.160 e. The maximum absolute atomic E-state index is 5.47. The number of nitrogens with zero attached hydrogens (tertiary/aromatic N) is 4. The first-order chi connectivity index (χ1) is 32.5. The monoisotopic (exact) mass is 842 g/mol. The molecule has 1 aliphatic rings. The van der Waals surface area contributed by atoms with Gasteiger partial charge in [-0.1, -0.05) is 190 Å². The van der Waals surface area contributed by atoms with E-state index >= 15 is 0 Å². The molecule has 1 aliphatic carbocycles. The van der Waals surface area contributed by atoms with Crippen LogP contribution in [0.25, 0.3) is 117 Å². The Morgan fingerprint density at radius 2 is 0.970 bits per heavy atom. The molecule has 0 fully saturated rings. The molecule has 3 aromatic heterocycles. The molecule has 0 N–H and O–H groups in total. The first-order valence-corrected chi connectivity index (χ1v) is 22.7. The highest BCUT2D eigenvalue weighted by atomic mass is 15.0. The molecule has 4 heteroatoms. The zero-order valence-corrected chi connectivity index (χ0v) is 36.6. The van der Waals surface area contributed by atoms with E-state index in [1.807, 2.05) is 18.2 Å². The van der Waals surface area contributed by atoms with Crippen molar-refractivity contribution in [1.29, 1.82) is 0 Å². The van der Waals surface area contributed by atoms with E-state index in [2.05, 4.69) is 219 Å². The van der Waals surface area contributed by atoms with Crippen LogP contribution in [0.3, 0.4) is 0 Å². The second kappa shape index (κ2) is 14.8. The second-order valence-electron chi connectivity index (χ2n) is 18.0. The Labute approximate surface area is 383 Å². The zero-order chi connectivity index (χ0) is 43.9. The molecule has 0 atom stereocenters. The highest BCUT2D eigenvalue weighted by molar-refractivity contribution is 6.29. The summed E-state index contributed by atoms with van der Waals surface area (Å²) >= 11 is 0. The summed E-state index contributed by atoms with van der Waals surface area (Å²) in [5.74, 6) is 0.707. The molecular weight excluding hydrogens is 801 g/mol. The molecule has 3 heterocycles. The van der Waals surface area contributed by atoms with Crippen LogP contribution >= 0.6 is 0 Å². The lowest BCUT2D eigenvalue weighted by atomic mass is 9.82. The van der Waals surface area contributed by atoms with Gasteiger partial charge in [0.05, 0.1) is 33.6 Å². The predicted octanol–water partition coefficient (Wildman–Crippen LogP) is 15.9. The molecule has 0 spiro atoms. The Bertz CT molecular complexity index is 3870. The van der Waals surface area contributed by atoms with E-state index in [1.165, 1.54) is 49.4 Å². The normalized spacial score (nSPS) is 12.8. The molecule has 310 valence electrons. The average Bonchev–Trinajstić information content (AvgIpc) is 3.84. The fraction of sp³-hybridized carbons (Fsp3) is 0.0484. The van der Waals surface area contributed by atoms with Crippen LogP contribution < -0.4 is 0 Å². The van der Waals surface area contributed by atoms with Crippen LogP contribution in [0.5, 0.6) is 0 Å². The van der Waals surface area contributed by atoms with Crippen molar-refractivity contribution in [2.24, 2.45) is 0 Å². The van der Waals surface area contributed by atoms with Crippen LogP contribution in [-0.4, -0.2) is 19.5 Å². The van der Waals surface area contributed by atoms with Crippen molar-refractivity contribution in [3.05, 3.63) is 230 Å². The Morgan fingerprint density at radius 1 is 0.364 bits per heavy atom. The molecule has 4 nitrogen and oxygen atoms in total. The zero-order valence-electron chi connectivity index (χ0n) is 36.6. The molecule has 0 bridgehead atoms. The van der Waals surface area contributed by atoms with Gasteiger partial charge in [0, 0.05) is 60.3 Å². The summed E-state index contributed by atoms with van der Waals surface area (Å²) in [5, 5.41) is 5.95. The van der Waals surface area contributed by atoms with Crippen LogP contribution in [0.1, 0.15) is 25.0 Å². The number of hydrogen-bond acceptors (Lipinski definition) is 3. The third kappa shape index (κ3) is 5.95. The van der Waals surface area contributed by atoms with Crippen LogP contribution in [0.4, 0.5) is 0 Å². The summed E-state index contributed by atoms with van der Waals surface area (Å²) in [5.41, 5.74) is 18.8. The number of hydrogen-bond donors (Lipinski definition) is 0. The molecule has 0 unspecified atom stereocenters. The van der Waals surface area contributed by atoms with Crippen molar-refractivity contribution in [3.8, 4) is 73.1 Å². The lowest BCUT2D eigenvalue weighted by Gasteiger charge is -2.22. The van der Waals surface area contributed by atoms with E-state index in [-0.39, 0.29) is 5.41 Å². The van der Waals surface area contributed by atoms with Gasteiger partial charge in [-0.25, -0.2) is 15.0 Å². The van der Waals surface area contributed by atoms with E-state index in [0.29, 0.717) is 5.82 Å². The van der Waals surface area contributed by atoms with Gasteiger partial charge >= 0.3 is 0 Å². The van der Waals surface area contributed by atoms with Gasteiger partial charge in [0.25, 0.3) is 0 Å². The average molecular weight is 843 g/mol. The van der Waals surface area contributed by atoms with Gasteiger partial charge in [0.15, 0.2) is 5.82 Å². The number of rotatable bonds is 6. The number of aromatic nitrogens is 4. The first-order valence-electron chi connectivity index (χ1n) is 22.7. The van der Waals surface area contributed by atoms with Crippen LogP contribution in [-0.2, 0) is 5.41 Å². The highest BCUT2D eigenvalue weighted by Crippen LogP contribution is 2.50. The Morgan fingerprint density at radius 3 is 1.76 bits per heavy atom. The van der Waals surface area contributed by atoms with Crippen molar-refractivity contribution in [3.63, 3.8) is 0 Å². The Balaban J connectivity index is 0.943. The Hall–Kier alpha value is -8.47. The van der Waals surface area contributed by atoms with Crippen LogP contribution in [0.15, 0.2) is 218 Å². The van der Waals surface area contributed by atoms with Crippen molar-refractivity contribution in [2.75, 3.05) is 0 Å². The third-order valence-corrected chi connectivity index (χ3v) is 13.8. The topological polar surface area (TPSA) is 43.6 Å². The van der Waals surface area contributed by atoms with Gasteiger partial charge < -0.3 is 4.57 Å². The summed E-state index contributed by atoms with van der Waals surface area (Å²) in [4.78, 5) is 15.9. The van der Waals surface area contributed by atoms with Crippen molar-refractivity contribution >= 4 is 43.5 Å². The molecular formula is C62H42N4. The molecule has 0 aliphatic heterocycles. The first kappa shape index (κ1) is 38.0. The van der Waals surface area contributed by atoms with Crippen molar-refractivity contribution in [1.82, 2.24) is 19.5 Å². The van der Waals surface area contributed by atoms with Gasteiger partial charge in [-0.2, -0.15) is 0 Å². The van der Waals surface area contributed by atoms with E-state index in [4.69, 9.17) is 15.0 Å². The standard InChI is InChI=1S/C62H42N4/c1-62(2)51-24-14-12-22-46(51)47-32-31-44(36-52(47)62)54-38-53(64-61(65-54)42-18-8-4-9-19-42)40-28-26-39(27-29-40)43-30-33-48-55(37-43)63-60(41-16-6-3-7-17-41)50-34-35-57-59(58(48)50)49-23-13-15-25-56(49)66(57)45-20-10-5-11-21-45/h3-38H,1-2H3. The van der Waals surface area contributed by atoms with Crippen molar-refractivity contribution < 1.29 is 0 Å². The highest BCUT2D eigenvalue weighted by Gasteiger charge is 2.35. The van der Waals surface area contributed by atoms with E-state index < -0.39 is 0 Å². The molecule has 9 aromatic carbocycles. The minimum absolute atomic E-state index is 0.112. The van der Waals surface area contributed by atoms with Gasteiger partial charge in [-0.15, -0.1) is 0 Å². The molecule has 12 aromatic rings. The Kier molecular flexibility index (Phi) is 8.53. The predicted molar refractivity (Wildman–Crippen MR) is 274 cm³/mol. The quantitative estimate of drug-likeness (QED) is 0.157.